The summed E-state index contributed by atoms with van der Waals surface area (Å²) in [5, 5.41) is 19.0. The number of carbonyl (C=O) groups is 1. The maximum atomic E-state index is 13.7. The largest absolute Gasteiger partial charge is 0.422 e. The highest BCUT2D eigenvalue weighted by atomic mass is 19.4. The number of fused-ring (bicyclic) bond motifs is 1. The molecule has 2 atom stereocenters. The quantitative estimate of drug-likeness (QED) is 0.483. The number of amides is 1. The fourth-order valence-electron chi connectivity index (χ4n) is 3.78. The lowest BCUT2D eigenvalue weighted by Gasteiger charge is -2.34. The van der Waals surface area contributed by atoms with Gasteiger partial charge in [0.25, 0.3) is 0 Å². The lowest BCUT2D eigenvalue weighted by molar-refractivity contribution is -0.267. The predicted octanol–water partition coefficient (Wildman–Crippen LogP) is 4.73. The molecule has 1 amide bonds. The summed E-state index contributed by atoms with van der Waals surface area (Å²) in [4.78, 5) is 15.6. The number of nitrogens with one attached hydrogen (secondary N) is 2. The van der Waals surface area contributed by atoms with E-state index in [0.29, 0.717) is 17.3 Å². The molecule has 2 unspecified atom stereocenters. The zero-order valence-electron chi connectivity index (χ0n) is 16.8. The number of pyridine rings is 1. The molecule has 0 spiro atoms. The predicted molar refractivity (Wildman–Crippen MR) is 104 cm³/mol. The van der Waals surface area contributed by atoms with Crippen LogP contribution in [0.15, 0.2) is 42.6 Å². The van der Waals surface area contributed by atoms with Crippen LogP contribution in [0.25, 0.3) is 11.3 Å². The van der Waals surface area contributed by atoms with Gasteiger partial charge in [0.1, 0.15) is 5.82 Å². The third-order valence-electron chi connectivity index (χ3n) is 5.54. The fourth-order valence-corrected chi connectivity index (χ4v) is 3.78. The molecule has 0 bridgehead atoms. The van der Waals surface area contributed by atoms with Crippen LogP contribution in [0.2, 0.25) is 0 Å². The number of alkyl halides is 6. The van der Waals surface area contributed by atoms with Gasteiger partial charge in [0, 0.05) is 17.7 Å². The molecule has 6 nitrogen and oxygen atoms in total. The monoisotopic (exact) mass is 470 g/mol. The number of benzene rings is 1. The summed E-state index contributed by atoms with van der Waals surface area (Å²) in [6.07, 6.45) is -10.2. The van der Waals surface area contributed by atoms with Crippen molar-refractivity contribution in [2.24, 2.45) is 0 Å². The molecule has 174 valence electrons. The van der Waals surface area contributed by atoms with Crippen molar-refractivity contribution in [3.8, 4) is 11.3 Å². The number of aromatic amines is 1. The second-order valence-corrected chi connectivity index (χ2v) is 7.72. The molecule has 2 aromatic heterocycles. The van der Waals surface area contributed by atoms with E-state index in [1.807, 2.05) is 0 Å². The second kappa shape index (κ2) is 7.58. The number of hydrogen-bond acceptors (Lipinski definition) is 4. The number of nitrogens with zero attached hydrogens (tertiary/aromatic N) is 2. The van der Waals surface area contributed by atoms with E-state index in [-0.39, 0.29) is 17.2 Å². The molecule has 12 heteroatoms. The van der Waals surface area contributed by atoms with Gasteiger partial charge in [0.05, 0.1) is 28.9 Å². The summed E-state index contributed by atoms with van der Waals surface area (Å²) in [6.45, 7) is 1.56. The normalized spacial score (nSPS) is 19.7. The number of rotatable bonds is 3. The van der Waals surface area contributed by atoms with Crippen LogP contribution >= 0.6 is 0 Å². The molecule has 0 saturated carbocycles. The Morgan fingerprint density at radius 1 is 1.12 bits per heavy atom. The summed E-state index contributed by atoms with van der Waals surface area (Å²) in [5.74, 6) is -2.13. The van der Waals surface area contributed by atoms with Crippen molar-refractivity contribution < 1.29 is 36.2 Å². The molecule has 0 saturated heterocycles. The highest BCUT2D eigenvalue weighted by Gasteiger charge is 2.60. The number of aliphatic hydroxyl groups is 1. The lowest BCUT2D eigenvalue weighted by Crippen LogP contribution is -2.48. The number of anilines is 1. The minimum absolute atomic E-state index is 0.123. The van der Waals surface area contributed by atoms with Crippen LogP contribution in [0, 0.1) is 0 Å². The van der Waals surface area contributed by atoms with Crippen molar-refractivity contribution in [1.29, 1.82) is 0 Å². The minimum atomic E-state index is -5.14. The van der Waals surface area contributed by atoms with Crippen LogP contribution in [0.1, 0.15) is 41.6 Å². The van der Waals surface area contributed by atoms with Gasteiger partial charge in [-0.2, -0.15) is 31.4 Å². The molecule has 0 radical (unpaired) electrons. The van der Waals surface area contributed by atoms with E-state index < -0.39 is 47.3 Å². The molecule has 0 aliphatic carbocycles. The van der Waals surface area contributed by atoms with Crippen LogP contribution in [0.3, 0.4) is 0 Å². The maximum Gasteiger partial charge on any atom is 0.422 e. The molecule has 3 heterocycles. The van der Waals surface area contributed by atoms with Gasteiger partial charge >= 0.3 is 12.4 Å². The average molecular weight is 470 g/mol. The van der Waals surface area contributed by atoms with Gasteiger partial charge in [-0.15, -0.1) is 0 Å². The standard InChI is InChI=1S/C21H16F6N4O2/c1-10(17-16-18(31-30-17)29-15(32)8-19(16,33)21(25,26)27)11-3-2-4-12(7-11)14-6-5-13(9-28-14)20(22,23)24/h2-7,9-10,33H,8H2,1H3,(H2,29,30,31,32). The summed E-state index contributed by atoms with van der Waals surface area (Å²) < 4.78 is 79.6. The molecule has 1 aliphatic heterocycles. The Kier molecular flexibility index (Phi) is 5.23. The van der Waals surface area contributed by atoms with Crippen LogP contribution in [-0.4, -0.2) is 32.4 Å². The van der Waals surface area contributed by atoms with Crippen molar-refractivity contribution in [3.63, 3.8) is 0 Å². The van der Waals surface area contributed by atoms with E-state index >= 15 is 0 Å². The highest BCUT2D eigenvalue weighted by Crippen LogP contribution is 2.49. The van der Waals surface area contributed by atoms with E-state index in [9.17, 15) is 36.2 Å². The molecule has 4 rings (SSSR count). The summed E-state index contributed by atoms with van der Waals surface area (Å²) in [5.41, 5.74) is -3.87. The summed E-state index contributed by atoms with van der Waals surface area (Å²) in [7, 11) is 0. The summed E-state index contributed by atoms with van der Waals surface area (Å²) in [6, 6.07) is 8.42. The topological polar surface area (TPSA) is 90.9 Å². The first-order valence-electron chi connectivity index (χ1n) is 9.62. The molecular formula is C21H16F6N4O2. The van der Waals surface area contributed by atoms with Gasteiger partial charge in [-0.25, -0.2) is 0 Å². The Labute approximate surface area is 182 Å². The van der Waals surface area contributed by atoms with Crippen molar-refractivity contribution in [3.05, 3.63) is 65.0 Å². The summed E-state index contributed by atoms with van der Waals surface area (Å²) >= 11 is 0. The van der Waals surface area contributed by atoms with Gasteiger partial charge < -0.3 is 10.4 Å². The van der Waals surface area contributed by atoms with E-state index in [4.69, 9.17) is 0 Å². The number of halogens is 6. The third kappa shape index (κ3) is 3.94. The Balaban J connectivity index is 1.73. The van der Waals surface area contributed by atoms with Crippen LogP contribution in [0.5, 0.6) is 0 Å². The first-order valence-corrected chi connectivity index (χ1v) is 9.62. The van der Waals surface area contributed by atoms with E-state index in [1.54, 1.807) is 31.2 Å². The zero-order chi connectivity index (χ0) is 24.2. The highest BCUT2D eigenvalue weighted by molar-refractivity contribution is 5.94. The molecule has 33 heavy (non-hydrogen) atoms. The second-order valence-electron chi connectivity index (χ2n) is 7.72. The van der Waals surface area contributed by atoms with Gasteiger partial charge in [-0.1, -0.05) is 25.1 Å². The molecule has 0 fully saturated rings. The Hall–Kier alpha value is -3.41. The Bertz CT molecular complexity index is 1200. The molecular weight excluding hydrogens is 454 g/mol. The first kappa shape index (κ1) is 22.8. The number of hydrogen-bond donors (Lipinski definition) is 3. The van der Waals surface area contributed by atoms with E-state index in [1.165, 1.54) is 6.07 Å². The number of aromatic nitrogens is 3. The fraction of sp³-hybridized carbons (Fsp3) is 0.286. The van der Waals surface area contributed by atoms with Crippen molar-refractivity contribution in [2.45, 2.75) is 37.2 Å². The maximum absolute atomic E-state index is 13.7. The van der Waals surface area contributed by atoms with Crippen molar-refractivity contribution >= 4 is 11.7 Å². The number of H-pyrrole nitrogens is 1. The first-order chi connectivity index (χ1) is 15.3. The van der Waals surface area contributed by atoms with Gasteiger partial charge in [0.15, 0.2) is 5.60 Å². The van der Waals surface area contributed by atoms with E-state index in [2.05, 4.69) is 20.5 Å². The smallest absolute Gasteiger partial charge is 0.376 e. The molecule has 3 N–H and O–H groups in total. The van der Waals surface area contributed by atoms with Crippen LogP contribution in [-0.2, 0) is 16.6 Å². The third-order valence-corrected chi connectivity index (χ3v) is 5.54. The minimum Gasteiger partial charge on any atom is -0.376 e. The zero-order valence-corrected chi connectivity index (χ0v) is 16.8. The molecule has 1 aromatic carbocycles. The molecule has 1 aliphatic rings. The number of carbonyl (C=O) groups excluding carboxylic acids is 1. The van der Waals surface area contributed by atoms with Crippen molar-refractivity contribution in [1.82, 2.24) is 15.2 Å². The van der Waals surface area contributed by atoms with Gasteiger partial charge in [0.2, 0.25) is 5.91 Å². The van der Waals surface area contributed by atoms with E-state index in [0.717, 1.165) is 6.07 Å². The average Bonchev–Trinajstić information content (AvgIpc) is 3.16. The van der Waals surface area contributed by atoms with Crippen LogP contribution < -0.4 is 5.32 Å². The van der Waals surface area contributed by atoms with Crippen LogP contribution in [0.4, 0.5) is 32.2 Å². The Morgan fingerprint density at radius 3 is 2.45 bits per heavy atom. The Morgan fingerprint density at radius 2 is 1.85 bits per heavy atom. The van der Waals surface area contributed by atoms with Gasteiger partial charge in [-0.05, 0) is 23.8 Å². The molecule has 3 aromatic rings. The SMILES string of the molecule is CC(c1cccc(-c2ccc(C(F)(F)F)cn2)c1)c1n[nH]c2c1C(O)(C(F)(F)F)CC(=O)N2. The lowest BCUT2D eigenvalue weighted by atomic mass is 9.82. The van der Waals surface area contributed by atoms with Crippen molar-refractivity contribution in [2.75, 3.05) is 5.32 Å². The van der Waals surface area contributed by atoms with Gasteiger partial charge in [-0.3, -0.25) is 14.9 Å².